The largest absolute Gasteiger partial charge is 0.493 e. The van der Waals surface area contributed by atoms with E-state index in [9.17, 15) is 8.42 Å². The van der Waals surface area contributed by atoms with Crippen LogP contribution in [0.5, 0.6) is 11.5 Å². The third kappa shape index (κ3) is 4.05. The smallest absolute Gasteiger partial charge is 0.263 e. The summed E-state index contributed by atoms with van der Waals surface area (Å²) in [5.41, 5.74) is 0.755. The van der Waals surface area contributed by atoms with Gasteiger partial charge in [0.15, 0.2) is 5.13 Å². The van der Waals surface area contributed by atoms with Crippen molar-refractivity contribution in [1.82, 2.24) is 4.98 Å². The lowest BCUT2D eigenvalue weighted by Gasteiger charge is -2.27. The SMILES string of the molecule is O=S(=O)(Nc1nccs1)c1ccc2c(c1)OCC[C@H]2Oc1ccc(Cl)cc1Cl. The summed E-state index contributed by atoms with van der Waals surface area (Å²) >= 11 is 13.3. The number of sulfonamides is 1. The molecule has 28 heavy (non-hydrogen) atoms. The number of fused-ring (bicyclic) bond motifs is 1. The average molecular weight is 457 g/mol. The van der Waals surface area contributed by atoms with E-state index in [4.69, 9.17) is 32.7 Å². The molecule has 146 valence electrons. The van der Waals surface area contributed by atoms with E-state index < -0.39 is 10.0 Å². The molecule has 4 rings (SSSR count). The van der Waals surface area contributed by atoms with Gasteiger partial charge in [-0.25, -0.2) is 13.4 Å². The molecule has 0 bridgehead atoms. The topological polar surface area (TPSA) is 77.5 Å². The first-order valence-corrected chi connectivity index (χ1v) is 11.3. The van der Waals surface area contributed by atoms with E-state index >= 15 is 0 Å². The highest BCUT2D eigenvalue weighted by Crippen LogP contribution is 2.39. The lowest BCUT2D eigenvalue weighted by atomic mass is 10.0. The zero-order valence-corrected chi connectivity index (χ0v) is 17.4. The van der Waals surface area contributed by atoms with Gasteiger partial charge in [0.25, 0.3) is 10.0 Å². The fourth-order valence-electron chi connectivity index (χ4n) is 2.80. The Morgan fingerprint density at radius 1 is 1.21 bits per heavy atom. The number of aromatic nitrogens is 1. The van der Waals surface area contributed by atoms with E-state index in [-0.39, 0.29) is 11.0 Å². The number of hydrogen-bond acceptors (Lipinski definition) is 6. The van der Waals surface area contributed by atoms with Crippen LogP contribution in [0.15, 0.2) is 52.9 Å². The number of nitrogens with zero attached hydrogens (tertiary/aromatic N) is 1. The number of benzene rings is 2. The van der Waals surface area contributed by atoms with Gasteiger partial charge in [0.2, 0.25) is 0 Å². The van der Waals surface area contributed by atoms with Crippen molar-refractivity contribution in [3.8, 4) is 11.5 Å². The fraction of sp³-hybridized carbons (Fsp3) is 0.167. The minimum atomic E-state index is -3.76. The van der Waals surface area contributed by atoms with Crippen LogP contribution in [0.3, 0.4) is 0 Å². The van der Waals surface area contributed by atoms with Gasteiger partial charge >= 0.3 is 0 Å². The molecule has 6 nitrogen and oxygen atoms in total. The van der Waals surface area contributed by atoms with Crippen LogP contribution in [0.1, 0.15) is 18.1 Å². The zero-order chi connectivity index (χ0) is 19.7. The predicted molar refractivity (Wildman–Crippen MR) is 109 cm³/mol. The second-order valence-electron chi connectivity index (χ2n) is 5.96. The summed E-state index contributed by atoms with van der Waals surface area (Å²) in [5.74, 6) is 0.967. The number of thiazole rings is 1. The van der Waals surface area contributed by atoms with Crippen LogP contribution >= 0.6 is 34.5 Å². The summed E-state index contributed by atoms with van der Waals surface area (Å²) in [6, 6.07) is 9.71. The highest BCUT2D eigenvalue weighted by Gasteiger charge is 2.26. The maximum atomic E-state index is 12.6. The number of rotatable bonds is 5. The summed E-state index contributed by atoms with van der Waals surface area (Å²) < 4.78 is 39.3. The summed E-state index contributed by atoms with van der Waals surface area (Å²) in [7, 11) is -3.76. The van der Waals surface area contributed by atoms with Gasteiger partial charge < -0.3 is 9.47 Å². The van der Waals surface area contributed by atoms with Crippen molar-refractivity contribution < 1.29 is 17.9 Å². The summed E-state index contributed by atoms with van der Waals surface area (Å²) in [6.45, 7) is 0.395. The molecule has 2 aromatic carbocycles. The Morgan fingerprint density at radius 3 is 2.82 bits per heavy atom. The maximum absolute atomic E-state index is 12.6. The van der Waals surface area contributed by atoms with Crippen molar-refractivity contribution in [3.05, 3.63) is 63.6 Å². The van der Waals surface area contributed by atoms with Gasteiger partial charge in [0.1, 0.15) is 17.6 Å². The van der Waals surface area contributed by atoms with E-state index in [0.717, 1.165) is 5.56 Å². The first kappa shape index (κ1) is 19.3. The van der Waals surface area contributed by atoms with Gasteiger partial charge in [-0.2, -0.15) is 0 Å². The zero-order valence-electron chi connectivity index (χ0n) is 14.3. The minimum absolute atomic E-state index is 0.0895. The van der Waals surface area contributed by atoms with Crippen LogP contribution in [0.25, 0.3) is 0 Å². The molecule has 10 heteroatoms. The summed E-state index contributed by atoms with van der Waals surface area (Å²) in [4.78, 5) is 4.03. The Labute approximate surface area is 176 Å². The van der Waals surface area contributed by atoms with Crippen molar-refractivity contribution in [2.75, 3.05) is 11.3 Å². The Kier molecular flexibility index (Phi) is 5.37. The van der Waals surface area contributed by atoms with E-state index in [1.807, 2.05) is 0 Å². The number of hydrogen-bond donors (Lipinski definition) is 1. The Morgan fingerprint density at radius 2 is 2.07 bits per heavy atom. The van der Waals surface area contributed by atoms with Gasteiger partial charge in [-0.05, 0) is 24.3 Å². The average Bonchev–Trinajstić information content (AvgIpc) is 3.16. The number of anilines is 1. The summed E-state index contributed by atoms with van der Waals surface area (Å²) in [5, 5.41) is 2.93. The van der Waals surface area contributed by atoms with Crippen LogP contribution in [0, 0.1) is 0 Å². The molecule has 0 radical (unpaired) electrons. The highest BCUT2D eigenvalue weighted by atomic mass is 35.5. The molecule has 0 fully saturated rings. The molecule has 1 aliphatic heterocycles. The van der Waals surface area contributed by atoms with E-state index in [1.54, 1.807) is 29.6 Å². The molecule has 0 saturated heterocycles. The molecule has 0 unspecified atom stereocenters. The first-order chi connectivity index (χ1) is 13.4. The number of halogens is 2. The van der Waals surface area contributed by atoms with Gasteiger partial charge in [-0.15, -0.1) is 11.3 Å². The lowest BCUT2D eigenvalue weighted by molar-refractivity contribution is 0.136. The molecule has 2 heterocycles. The molecular weight excluding hydrogens is 443 g/mol. The fourth-order valence-corrected chi connectivity index (χ4v) is 5.06. The van der Waals surface area contributed by atoms with Crippen LogP contribution < -0.4 is 14.2 Å². The molecular formula is C18H14Cl2N2O4S2. The lowest BCUT2D eigenvalue weighted by Crippen LogP contribution is -2.20. The molecule has 1 N–H and O–H groups in total. The van der Waals surface area contributed by atoms with Gasteiger partial charge in [-0.3, -0.25) is 4.72 Å². The molecule has 3 aromatic rings. The Balaban J connectivity index is 1.60. The third-order valence-corrected chi connectivity index (χ3v) is 6.78. The predicted octanol–water partition coefficient (Wildman–Crippen LogP) is 5.15. The van der Waals surface area contributed by atoms with Crippen molar-refractivity contribution in [2.24, 2.45) is 0 Å². The number of ether oxygens (including phenoxy) is 2. The normalized spacial score (nSPS) is 16.1. The second kappa shape index (κ2) is 7.79. The minimum Gasteiger partial charge on any atom is -0.493 e. The van der Waals surface area contributed by atoms with Crippen LogP contribution in [-0.4, -0.2) is 20.0 Å². The third-order valence-electron chi connectivity index (χ3n) is 4.10. The van der Waals surface area contributed by atoms with Gasteiger partial charge in [0, 0.05) is 34.7 Å². The quantitative estimate of drug-likeness (QED) is 0.573. The molecule has 0 aliphatic carbocycles. The maximum Gasteiger partial charge on any atom is 0.263 e. The molecule has 1 aromatic heterocycles. The van der Waals surface area contributed by atoms with Gasteiger partial charge in [0.05, 0.1) is 16.5 Å². The van der Waals surface area contributed by atoms with Crippen LogP contribution in [0.4, 0.5) is 5.13 Å². The van der Waals surface area contributed by atoms with E-state index in [2.05, 4.69) is 9.71 Å². The van der Waals surface area contributed by atoms with Crippen LogP contribution in [-0.2, 0) is 10.0 Å². The Bertz CT molecular complexity index is 1100. The van der Waals surface area contributed by atoms with Crippen molar-refractivity contribution >= 4 is 49.7 Å². The van der Waals surface area contributed by atoms with Crippen molar-refractivity contribution in [1.29, 1.82) is 0 Å². The number of nitrogens with one attached hydrogen (secondary N) is 1. The molecule has 0 saturated carbocycles. The molecule has 1 atom stereocenters. The summed E-state index contributed by atoms with van der Waals surface area (Å²) in [6.07, 6.45) is 1.82. The molecule has 1 aliphatic rings. The van der Waals surface area contributed by atoms with E-state index in [0.29, 0.717) is 39.7 Å². The van der Waals surface area contributed by atoms with E-state index in [1.165, 1.54) is 29.7 Å². The Hall–Kier alpha value is -2.00. The van der Waals surface area contributed by atoms with Crippen molar-refractivity contribution in [2.45, 2.75) is 17.4 Å². The molecule has 0 spiro atoms. The molecule has 0 amide bonds. The van der Waals surface area contributed by atoms with Crippen LogP contribution in [0.2, 0.25) is 10.0 Å². The highest BCUT2D eigenvalue weighted by molar-refractivity contribution is 7.93. The van der Waals surface area contributed by atoms with Crippen molar-refractivity contribution in [3.63, 3.8) is 0 Å². The standard InChI is InChI=1S/C18H14Cl2N2O4S2/c19-11-1-4-16(14(20)9-11)26-15-5-7-25-17-10-12(2-3-13(15)17)28(23,24)22-18-21-6-8-27-18/h1-4,6,8-10,15H,5,7H2,(H,21,22)/t15-/m1/s1. The van der Waals surface area contributed by atoms with Gasteiger partial charge in [-0.1, -0.05) is 29.3 Å². The first-order valence-electron chi connectivity index (χ1n) is 8.23. The second-order valence-corrected chi connectivity index (χ2v) is 9.38. The monoisotopic (exact) mass is 456 g/mol.